The van der Waals surface area contributed by atoms with Crippen molar-refractivity contribution in [1.29, 1.82) is 0 Å². The lowest BCUT2D eigenvalue weighted by Crippen LogP contribution is -2.13. The van der Waals surface area contributed by atoms with E-state index in [-0.39, 0.29) is 11.5 Å². The lowest BCUT2D eigenvalue weighted by molar-refractivity contribution is -0.384. The average Bonchev–Trinajstić information content (AvgIpc) is 2.39. The molecule has 18 heavy (non-hydrogen) atoms. The van der Waals surface area contributed by atoms with Crippen LogP contribution < -0.4 is 4.90 Å². The summed E-state index contributed by atoms with van der Waals surface area (Å²) in [6, 6.07) is 4.99. The topological polar surface area (TPSA) is 72.2 Å². The van der Waals surface area contributed by atoms with Crippen LogP contribution in [0.3, 0.4) is 0 Å². The number of halogens is 1. The van der Waals surface area contributed by atoms with Crippen molar-refractivity contribution >= 4 is 33.1 Å². The predicted octanol–water partition coefficient (Wildman–Crippen LogP) is 2.92. The van der Waals surface area contributed by atoms with Gasteiger partial charge in [0, 0.05) is 30.0 Å². The highest BCUT2D eigenvalue weighted by Crippen LogP contribution is 2.31. The van der Waals surface area contributed by atoms with Gasteiger partial charge in [0.1, 0.15) is 0 Å². The average molecular weight is 309 g/mol. The number of hydrogen-bond acceptors (Lipinski definition) is 5. The van der Waals surface area contributed by atoms with Gasteiger partial charge in [-0.25, -0.2) is 4.98 Å². The van der Waals surface area contributed by atoms with E-state index >= 15 is 0 Å². The van der Waals surface area contributed by atoms with Gasteiger partial charge in [-0.15, -0.1) is 0 Å². The van der Waals surface area contributed by atoms with Gasteiger partial charge in [-0.1, -0.05) is 0 Å². The molecular formula is C11H9BrN4O2. The molecule has 0 amide bonds. The monoisotopic (exact) mass is 308 g/mol. The highest BCUT2D eigenvalue weighted by atomic mass is 79.9. The van der Waals surface area contributed by atoms with Crippen molar-refractivity contribution in [2.45, 2.75) is 0 Å². The molecule has 0 unspecified atom stereocenters. The molecular weight excluding hydrogens is 300 g/mol. The van der Waals surface area contributed by atoms with E-state index in [4.69, 9.17) is 0 Å². The smallest absolute Gasteiger partial charge is 0.313 e. The number of hydrogen-bond donors (Lipinski definition) is 0. The largest absolute Gasteiger partial charge is 0.322 e. The molecule has 7 heteroatoms. The molecule has 2 aromatic rings. The lowest BCUT2D eigenvalue weighted by Gasteiger charge is -2.17. The van der Waals surface area contributed by atoms with Gasteiger partial charge in [0.25, 0.3) is 0 Å². The fourth-order valence-corrected chi connectivity index (χ4v) is 1.81. The molecule has 6 nitrogen and oxygen atoms in total. The van der Waals surface area contributed by atoms with Crippen LogP contribution in [0.5, 0.6) is 0 Å². The van der Waals surface area contributed by atoms with Gasteiger partial charge < -0.3 is 4.90 Å². The summed E-state index contributed by atoms with van der Waals surface area (Å²) in [6.07, 6.45) is 4.78. The Bertz CT molecular complexity index is 577. The molecule has 2 aromatic heterocycles. The SMILES string of the molecule is CN(c1cccnc1)c1ncc(Br)cc1[N+](=O)[O-]. The maximum Gasteiger partial charge on any atom is 0.313 e. The van der Waals surface area contributed by atoms with Gasteiger partial charge in [0.15, 0.2) is 0 Å². The Kier molecular flexibility index (Phi) is 3.52. The number of nitrogens with zero attached hydrogens (tertiary/aromatic N) is 4. The zero-order valence-corrected chi connectivity index (χ0v) is 11.0. The van der Waals surface area contributed by atoms with E-state index in [0.717, 1.165) is 5.69 Å². The van der Waals surface area contributed by atoms with Crippen molar-refractivity contribution in [3.8, 4) is 0 Å². The highest BCUT2D eigenvalue weighted by Gasteiger charge is 2.20. The van der Waals surface area contributed by atoms with Crippen LogP contribution in [0.25, 0.3) is 0 Å². The van der Waals surface area contributed by atoms with Crippen LogP contribution in [0.4, 0.5) is 17.2 Å². The highest BCUT2D eigenvalue weighted by molar-refractivity contribution is 9.10. The van der Waals surface area contributed by atoms with Gasteiger partial charge in [0.2, 0.25) is 5.82 Å². The maximum absolute atomic E-state index is 11.0. The molecule has 0 bridgehead atoms. The van der Waals surface area contributed by atoms with Crippen molar-refractivity contribution in [2.24, 2.45) is 0 Å². The third kappa shape index (κ3) is 2.45. The van der Waals surface area contributed by atoms with Gasteiger partial charge >= 0.3 is 5.69 Å². The van der Waals surface area contributed by atoms with Crippen molar-refractivity contribution < 1.29 is 4.92 Å². The van der Waals surface area contributed by atoms with Crippen LogP contribution in [-0.4, -0.2) is 21.9 Å². The summed E-state index contributed by atoms with van der Waals surface area (Å²) in [4.78, 5) is 20.2. The van der Waals surface area contributed by atoms with Gasteiger partial charge in [-0.2, -0.15) is 0 Å². The lowest BCUT2D eigenvalue weighted by atomic mass is 10.3. The fourth-order valence-electron chi connectivity index (χ4n) is 1.49. The quantitative estimate of drug-likeness (QED) is 0.644. The van der Waals surface area contributed by atoms with Crippen LogP contribution in [0.2, 0.25) is 0 Å². The molecule has 0 saturated carbocycles. The summed E-state index contributed by atoms with van der Waals surface area (Å²) in [5, 5.41) is 11.0. The third-order valence-electron chi connectivity index (χ3n) is 2.36. The Morgan fingerprint density at radius 1 is 1.44 bits per heavy atom. The van der Waals surface area contributed by atoms with Crippen molar-refractivity contribution in [2.75, 3.05) is 11.9 Å². The number of rotatable bonds is 3. The zero-order valence-electron chi connectivity index (χ0n) is 9.45. The molecule has 0 spiro atoms. The number of anilines is 2. The predicted molar refractivity (Wildman–Crippen MR) is 70.9 cm³/mol. The molecule has 0 saturated heterocycles. The Labute approximate surface area is 112 Å². The van der Waals surface area contributed by atoms with Crippen LogP contribution in [-0.2, 0) is 0 Å². The first kappa shape index (κ1) is 12.4. The van der Waals surface area contributed by atoms with E-state index in [9.17, 15) is 10.1 Å². The van der Waals surface area contributed by atoms with Crippen LogP contribution >= 0.6 is 15.9 Å². The first-order chi connectivity index (χ1) is 8.59. The molecule has 0 aliphatic carbocycles. The molecule has 0 atom stereocenters. The summed E-state index contributed by atoms with van der Waals surface area (Å²) < 4.78 is 0.567. The zero-order chi connectivity index (χ0) is 13.1. The molecule has 2 heterocycles. The normalized spacial score (nSPS) is 10.1. The number of pyridine rings is 2. The second-order valence-corrected chi connectivity index (χ2v) is 4.44. The number of nitro groups is 1. The molecule has 0 fully saturated rings. The van der Waals surface area contributed by atoms with E-state index < -0.39 is 4.92 Å². The second kappa shape index (κ2) is 5.09. The fraction of sp³-hybridized carbons (Fsp3) is 0.0909. The van der Waals surface area contributed by atoms with Gasteiger partial charge in [-0.3, -0.25) is 15.1 Å². The van der Waals surface area contributed by atoms with E-state index in [0.29, 0.717) is 4.47 Å². The maximum atomic E-state index is 11.0. The van der Waals surface area contributed by atoms with E-state index in [1.807, 2.05) is 0 Å². The van der Waals surface area contributed by atoms with E-state index in [2.05, 4.69) is 25.9 Å². The summed E-state index contributed by atoms with van der Waals surface area (Å²) in [5.74, 6) is 0.274. The molecule has 0 N–H and O–H groups in total. The Morgan fingerprint density at radius 3 is 2.83 bits per heavy atom. The summed E-state index contributed by atoms with van der Waals surface area (Å²) in [7, 11) is 1.71. The van der Waals surface area contributed by atoms with Crippen molar-refractivity contribution in [3.63, 3.8) is 0 Å². The molecule has 0 aliphatic heterocycles. The minimum Gasteiger partial charge on any atom is -0.322 e. The minimum atomic E-state index is -0.458. The van der Waals surface area contributed by atoms with Gasteiger partial charge in [0.05, 0.1) is 16.8 Å². The van der Waals surface area contributed by atoms with Crippen molar-refractivity contribution in [1.82, 2.24) is 9.97 Å². The van der Waals surface area contributed by atoms with Crippen LogP contribution in [0.15, 0.2) is 41.3 Å². The molecule has 92 valence electrons. The van der Waals surface area contributed by atoms with Crippen LogP contribution in [0.1, 0.15) is 0 Å². The summed E-state index contributed by atoms with van der Waals surface area (Å²) in [6.45, 7) is 0. The minimum absolute atomic E-state index is 0.0595. The van der Waals surface area contributed by atoms with Crippen LogP contribution in [0, 0.1) is 10.1 Å². The Hall–Kier alpha value is -2.02. The summed E-state index contributed by atoms with van der Waals surface area (Å²) >= 11 is 3.17. The van der Waals surface area contributed by atoms with E-state index in [1.165, 1.54) is 12.3 Å². The number of aromatic nitrogens is 2. The van der Waals surface area contributed by atoms with Gasteiger partial charge in [-0.05, 0) is 28.1 Å². The molecule has 0 radical (unpaired) electrons. The molecule has 2 rings (SSSR count). The second-order valence-electron chi connectivity index (χ2n) is 3.52. The third-order valence-corrected chi connectivity index (χ3v) is 2.80. The molecule has 0 aliphatic rings. The summed E-state index contributed by atoms with van der Waals surface area (Å²) in [5.41, 5.74) is 0.672. The standard InChI is InChI=1S/C11H9BrN4O2/c1-15(9-3-2-4-13-7-9)11-10(16(17)18)5-8(12)6-14-11/h2-7H,1H3. The Morgan fingerprint density at radius 2 is 2.22 bits per heavy atom. The van der Waals surface area contributed by atoms with Crippen molar-refractivity contribution in [3.05, 3.63) is 51.4 Å². The Balaban J connectivity index is 2.48. The first-order valence-electron chi connectivity index (χ1n) is 5.03. The van der Waals surface area contributed by atoms with E-state index in [1.54, 1.807) is 36.5 Å². The first-order valence-corrected chi connectivity index (χ1v) is 5.82. The molecule has 0 aromatic carbocycles.